The maximum absolute atomic E-state index is 6.21. The van der Waals surface area contributed by atoms with Gasteiger partial charge < -0.3 is 14.8 Å². The molecule has 0 aromatic heterocycles. The predicted octanol–water partition coefficient (Wildman–Crippen LogP) is 6.18. The summed E-state index contributed by atoms with van der Waals surface area (Å²) in [5, 5.41) is 4.19. The second kappa shape index (κ2) is 10.1. The third-order valence-corrected chi connectivity index (χ3v) is 4.38. The van der Waals surface area contributed by atoms with Gasteiger partial charge >= 0.3 is 0 Å². The van der Waals surface area contributed by atoms with E-state index in [-0.39, 0.29) is 0 Å². The molecule has 0 aliphatic rings. The van der Waals surface area contributed by atoms with Crippen molar-refractivity contribution in [2.75, 3.05) is 18.5 Å². The molecule has 2 aromatic rings. The van der Waals surface area contributed by atoms with Gasteiger partial charge in [-0.15, -0.1) is 6.58 Å². The molecule has 0 spiro atoms. The van der Waals surface area contributed by atoms with Gasteiger partial charge in [0, 0.05) is 22.8 Å². The van der Waals surface area contributed by atoms with E-state index < -0.39 is 0 Å². The number of anilines is 1. The van der Waals surface area contributed by atoms with E-state index >= 15 is 0 Å². The van der Waals surface area contributed by atoms with Gasteiger partial charge in [0.15, 0.2) is 11.5 Å². The largest absolute Gasteiger partial charge is 0.490 e. The van der Waals surface area contributed by atoms with Gasteiger partial charge in [-0.05, 0) is 62.1 Å². The second-order valence-electron chi connectivity index (χ2n) is 6.17. The van der Waals surface area contributed by atoms with Crippen molar-refractivity contribution in [3.8, 4) is 11.5 Å². The van der Waals surface area contributed by atoms with Crippen LogP contribution in [-0.2, 0) is 13.0 Å². The summed E-state index contributed by atoms with van der Waals surface area (Å²) >= 11 is 6.21. The van der Waals surface area contributed by atoms with E-state index in [0.29, 0.717) is 19.8 Å². The van der Waals surface area contributed by atoms with Crippen LogP contribution >= 0.6 is 11.6 Å². The van der Waals surface area contributed by atoms with Crippen molar-refractivity contribution in [1.29, 1.82) is 0 Å². The van der Waals surface area contributed by atoms with Crippen molar-refractivity contribution in [1.82, 2.24) is 0 Å². The Bertz CT molecular complexity index is 743. The Hall–Kier alpha value is -2.13. The van der Waals surface area contributed by atoms with Crippen molar-refractivity contribution >= 4 is 17.3 Å². The second-order valence-corrected chi connectivity index (χ2v) is 6.58. The lowest BCUT2D eigenvalue weighted by atomic mass is 10.1. The number of rotatable bonds is 10. The molecule has 2 rings (SSSR count). The van der Waals surface area contributed by atoms with E-state index in [0.717, 1.165) is 51.7 Å². The summed E-state index contributed by atoms with van der Waals surface area (Å²) in [4.78, 5) is 0. The normalized spacial score (nSPS) is 10.5. The molecule has 140 valence electrons. The number of ether oxygens (including phenoxy) is 2. The molecule has 3 nitrogen and oxygen atoms in total. The number of allylic oxidation sites excluding steroid dienone is 1. The fourth-order valence-corrected chi connectivity index (χ4v) is 2.85. The highest BCUT2D eigenvalue weighted by Gasteiger charge is 2.13. The van der Waals surface area contributed by atoms with Crippen molar-refractivity contribution in [3.05, 3.63) is 64.7 Å². The predicted molar refractivity (Wildman–Crippen MR) is 111 cm³/mol. The first-order chi connectivity index (χ1) is 12.6. The van der Waals surface area contributed by atoms with E-state index in [1.807, 2.05) is 44.2 Å². The van der Waals surface area contributed by atoms with Crippen molar-refractivity contribution < 1.29 is 9.47 Å². The Balaban J connectivity index is 2.26. The first-order valence-corrected chi connectivity index (χ1v) is 9.49. The molecule has 4 heteroatoms. The van der Waals surface area contributed by atoms with E-state index in [1.165, 1.54) is 0 Å². The number of hydrogen-bond donors (Lipinski definition) is 1. The van der Waals surface area contributed by atoms with Crippen molar-refractivity contribution in [2.45, 2.75) is 40.2 Å². The number of aryl methyl sites for hydroxylation is 1. The summed E-state index contributed by atoms with van der Waals surface area (Å²) in [6.07, 6.45) is 3.58. The summed E-state index contributed by atoms with van der Waals surface area (Å²) in [6.45, 7) is 11.9. The highest BCUT2D eigenvalue weighted by Crippen LogP contribution is 2.34. The fourth-order valence-electron chi connectivity index (χ4n) is 2.67. The lowest BCUT2D eigenvalue weighted by molar-refractivity contribution is 0.274. The zero-order valence-corrected chi connectivity index (χ0v) is 16.7. The van der Waals surface area contributed by atoms with Crippen LogP contribution < -0.4 is 14.8 Å². The van der Waals surface area contributed by atoms with Crippen molar-refractivity contribution in [3.63, 3.8) is 0 Å². The van der Waals surface area contributed by atoms with Gasteiger partial charge in [0.2, 0.25) is 0 Å². The summed E-state index contributed by atoms with van der Waals surface area (Å²) in [5.41, 5.74) is 4.29. The molecule has 0 bridgehead atoms. The topological polar surface area (TPSA) is 30.5 Å². The van der Waals surface area contributed by atoms with Gasteiger partial charge in [-0.3, -0.25) is 0 Å². The molecular formula is C22H28ClNO2. The van der Waals surface area contributed by atoms with Gasteiger partial charge in [0.05, 0.1) is 13.2 Å². The lowest BCUT2D eigenvalue weighted by Crippen LogP contribution is -2.06. The van der Waals surface area contributed by atoms with Crippen molar-refractivity contribution in [2.24, 2.45) is 0 Å². The van der Waals surface area contributed by atoms with Crippen LogP contribution in [0.1, 0.15) is 37.0 Å². The highest BCUT2D eigenvalue weighted by molar-refractivity contribution is 6.31. The maximum atomic E-state index is 6.21. The first-order valence-electron chi connectivity index (χ1n) is 9.11. The summed E-state index contributed by atoms with van der Waals surface area (Å²) in [7, 11) is 0. The molecular weight excluding hydrogens is 346 g/mol. The Kier molecular flexibility index (Phi) is 7.86. The van der Waals surface area contributed by atoms with Crippen LogP contribution in [0.2, 0.25) is 5.02 Å². The first kappa shape index (κ1) is 20.2. The number of benzene rings is 2. The standard InChI is InChI=1S/C22H28ClNO2/c1-5-8-18-12-17(13-21(25-7-3)22(18)26-11-6-2)15-24-19-10-9-16(4)20(23)14-19/h5,9-10,12-14,24H,1,6-8,11,15H2,2-4H3. The summed E-state index contributed by atoms with van der Waals surface area (Å²) in [5.74, 6) is 1.62. The molecule has 0 fully saturated rings. The number of hydrogen-bond acceptors (Lipinski definition) is 3. The van der Waals surface area contributed by atoms with Gasteiger partial charge in [0.1, 0.15) is 0 Å². The number of nitrogens with one attached hydrogen (secondary N) is 1. The Morgan fingerprint density at radius 2 is 1.96 bits per heavy atom. The van der Waals surface area contributed by atoms with Crippen LogP contribution in [0.4, 0.5) is 5.69 Å². The van der Waals surface area contributed by atoms with Crippen LogP contribution in [0.15, 0.2) is 43.0 Å². The minimum absolute atomic E-state index is 0.598. The monoisotopic (exact) mass is 373 g/mol. The van der Waals surface area contributed by atoms with Crippen LogP contribution in [0.3, 0.4) is 0 Å². The summed E-state index contributed by atoms with van der Waals surface area (Å²) in [6, 6.07) is 10.2. The summed E-state index contributed by atoms with van der Waals surface area (Å²) < 4.78 is 11.8. The minimum Gasteiger partial charge on any atom is -0.490 e. The van der Waals surface area contributed by atoms with Crippen LogP contribution in [0.5, 0.6) is 11.5 Å². The van der Waals surface area contributed by atoms with E-state index in [1.54, 1.807) is 0 Å². The third-order valence-electron chi connectivity index (χ3n) is 3.97. The Labute approximate surface area is 162 Å². The van der Waals surface area contributed by atoms with Gasteiger partial charge in [-0.1, -0.05) is 30.7 Å². The minimum atomic E-state index is 0.598. The quantitative estimate of drug-likeness (QED) is 0.504. The molecule has 0 unspecified atom stereocenters. The molecule has 0 saturated carbocycles. The molecule has 0 atom stereocenters. The molecule has 2 aromatic carbocycles. The molecule has 0 aliphatic carbocycles. The SMILES string of the molecule is C=CCc1cc(CNc2ccc(C)c(Cl)c2)cc(OCC)c1OCCC. The Morgan fingerprint density at radius 3 is 2.62 bits per heavy atom. The molecule has 0 amide bonds. The lowest BCUT2D eigenvalue weighted by Gasteiger charge is -2.18. The zero-order valence-electron chi connectivity index (χ0n) is 15.9. The van der Waals surface area contributed by atoms with Crippen LogP contribution in [-0.4, -0.2) is 13.2 Å². The third kappa shape index (κ3) is 5.43. The molecule has 0 radical (unpaired) electrons. The number of halogens is 1. The van der Waals surface area contributed by atoms with Gasteiger partial charge in [-0.2, -0.15) is 0 Å². The molecule has 0 aliphatic heterocycles. The van der Waals surface area contributed by atoms with Crippen LogP contribution in [0.25, 0.3) is 0 Å². The highest BCUT2D eigenvalue weighted by atomic mass is 35.5. The zero-order chi connectivity index (χ0) is 18.9. The molecule has 0 heterocycles. The average Bonchev–Trinajstić information content (AvgIpc) is 2.62. The van der Waals surface area contributed by atoms with Gasteiger partial charge in [0.25, 0.3) is 0 Å². The molecule has 26 heavy (non-hydrogen) atoms. The van der Waals surface area contributed by atoms with Gasteiger partial charge in [-0.25, -0.2) is 0 Å². The smallest absolute Gasteiger partial charge is 0.164 e. The van der Waals surface area contributed by atoms with E-state index in [4.69, 9.17) is 21.1 Å². The van der Waals surface area contributed by atoms with Crippen LogP contribution in [0, 0.1) is 6.92 Å². The molecule has 0 saturated heterocycles. The molecule has 1 N–H and O–H groups in total. The maximum Gasteiger partial charge on any atom is 0.164 e. The average molecular weight is 374 g/mol. The fraction of sp³-hybridized carbons (Fsp3) is 0.364. The van der Waals surface area contributed by atoms with E-state index in [9.17, 15) is 0 Å². The Morgan fingerprint density at radius 1 is 1.15 bits per heavy atom. The van der Waals surface area contributed by atoms with E-state index in [2.05, 4.69) is 24.9 Å².